The molecule has 0 bridgehead atoms. The van der Waals surface area contributed by atoms with Gasteiger partial charge in [0.25, 0.3) is 5.69 Å². The lowest BCUT2D eigenvalue weighted by molar-refractivity contribution is -0.384. The largest absolute Gasteiger partial charge is 0.493 e. The number of carbonyl (C=O) groups excluding carboxylic acids is 1. The van der Waals surface area contributed by atoms with Gasteiger partial charge in [-0.1, -0.05) is 11.6 Å². The van der Waals surface area contributed by atoms with Crippen molar-refractivity contribution in [3.63, 3.8) is 0 Å². The molecule has 1 amide bonds. The second-order valence-corrected chi connectivity index (χ2v) is 5.33. The molecule has 0 saturated carbocycles. The highest BCUT2D eigenvalue weighted by Gasteiger charge is 2.11. The minimum absolute atomic E-state index is 0.00386. The molecule has 0 fully saturated rings. The fourth-order valence-electron chi connectivity index (χ4n) is 1.92. The van der Waals surface area contributed by atoms with Crippen molar-refractivity contribution in [3.05, 3.63) is 57.6 Å². The zero-order valence-corrected chi connectivity index (χ0v) is 13.9. The quantitative estimate of drug-likeness (QED) is 0.540. The Morgan fingerprint density at radius 3 is 2.50 bits per heavy atom. The van der Waals surface area contributed by atoms with Crippen molar-refractivity contribution in [1.29, 1.82) is 0 Å². The third-order valence-corrected chi connectivity index (χ3v) is 3.37. The molecule has 138 valence electrons. The lowest BCUT2D eigenvalue weighted by atomic mass is 10.3. The molecule has 0 heterocycles. The number of nitrogens with zero attached hydrogens (tertiary/aromatic N) is 1. The van der Waals surface area contributed by atoms with Gasteiger partial charge >= 0.3 is 6.61 Å². The van der Waals surface area contributed by atoms with Crippen LogP contribution in [0.25, 0.3) is 0 Å². The number of non-ortho nitro benzene ring substituents is 1. The molecule has 0 unspecified atom stereocenters. The highest BCUT2D eigenvalue weighted by molar-refractivity contribution is 6.32. The molecule has 0 saturated heterocycles. The number of ether oxygens (including phenoxy) is 2. The van der Waals surface area contributed by atoms with E-state index in [4.69, 9.17) is 16.3 Å². The molecule has 2 rings (SSSR count). The summed E-state index contributed by atoms with van der Waals surface area (Å²) in [5, 5.41) is 13.0. The van der Waals surface area contributed by atoms with Gasteiger partial charge in [0.15, 0.2) is 0 Å². The van der Waals surface area contributed by atoms with E-state index in [-0.39, 0.29) is 35.4 Å². The topological polar surface area (TPSA) is 90.7 Å². The summed E-state index contributed by atoms with van der Waals surface area (Å²) >= 11 is 5.79. The highest BCUT2D eigenvalue weighted by Crippen LogP contribution is 2.29. The second kappa shape index (κ2) is 8.95. The van der Waals surface area contributed by atoms with Crippen LogP contribution in [0.2, 0.25) is 5.02 Å². The van der Waals surface area contributed by atoms with Crippen LogP contribution in [0.4, 0.5) is 20.2 Å². The summed E-state index contributed by atoms with van der Waals surface area (Å²) < 4.78 is 33.8. The van der Waals surface area contributed by atoms with E-state index in [2.05, 4.69) is 10.1 Å². The molecule has 0 spiro atoms. The van der Waals surface area contributed by atoms with Crippen molar-refractivity contribution in [2.45, 2.75) is 13.0 Å². The zero-order valence-electron chi connectivity index (χ0n) is 13.2. The molecule has 0 atom stereocenters. The Bertz CT molecular complexity index is 787. The van der Waals surface area contributed by atoms with Crippen LogP contribution in [0.3, 0.4) is 0 Å². The van der Waals surface area contributed by atoms with E-state index in [0.717, 1.165) is 0 Å². The fraction of sp³-hybridized carbons (Fsp3) is 0.188. The van der Waals surface area contributed by atoms with Crippen LogP contribution in [-0.4, -0.2) is 24.0 Å². The van der Waals surface area contributed by atoms with Crippen LogP contribution in [0, 0.1) is 10.1 Å². The van der Waals surface area contributed by atoms with Gasteiger partial charge in [0.1, 0.15) is 11.5 Å². The Balaban J connectivity index is 1.81. The van der Waals surface area contributed by atoms with Crippen molar-refractivity contribution in [3.8, 4) is 11.5 Å². The molecule has 10 heteroatoms. The van der Waals surface area contributed by atoms with Gasteiger partial charge in [-0.25, -0.2) is 0 Å². The van der Waals surface area contributed by atoms with Crippen LogP contribution in [0.1, 0.15) is 6.42 Å². The minimum Gasteiger partial charge on any atom is -0.493 e. The maximum absolute atomic E-state index is 12.2. The van der Waals surface area contributed by atoms with Gasteiger partial charge < -0.3 is 14.8 Å². The smallest absolute Gasteiger partial charge is 0.387 e. The number of anilines is 1. The number of hydrogen-bond donors (Lipinski definition) is 1. The van der Waals surface area contributed by atoms with Crippen molar-refractivity contribution in [2.75, 3.05) is 11.9 Å². The maximum atomic E-state index is 12.2. The molecular weight excluding hydrogens is 374 g/mol. The van der Waals surface area contributed by atoms with Crippen LogP contribution in [0.15, 0.2) is 42.5 Å². The summed E-state index contributed by atoms with van der Waals surface area (Å²) in [5.74, 6) is -0.188. The molecule has 0 aliphatic rings. The second-order valence-electron chi connectivity index (χ2n) is 4.92. The first-order valence-corrected chi connectivity index (χ1v) is 7.64. The van der Waals surface area contributed by atoms with Crippen LogP contribution < -0.4 is 14.8 Å². The van der Waals surface area contributed by atoms with E-state index in [0.29, 0.717) is 11.4 Å². The highest BCUT2D eigenvalue weighted by atomic mass is 35.5. The standard InChI is InChI=1S/C16H13ClF2N2O5/c17-13-9-10(1-6-14(13)26-16(18)19)20-15(22)7-8-25-12-4-2-11(3-5-12)21(23)24/h1-6,9,16H,7-8H2,(H,20,22). The number of alkyl halides is 2. The lowest BCUT2D eigenvalue weighted by Gasteiger charge is -2.10. The first-order valence-electron chi connectivity index (χ1n) is 7.26. The molecule has 0 aliphatic carbocycles. The number of amides is 1. The van der Waals surface area contributed by atoms with Crippen molar-refractivity contribution >= 4 is 28.9 Å². The average molecular weight is 387 g/mol. The number of rotatable bonds is 8. The molecule has 1 N–H and O–H groups in total. The van der Waals surface area contributed by atoms with Gasteiger partial charge in [-0.15, -0.1) is 0 Å². The molecule has 7 nitrogen and oxygen atoms in total. The summed E-state index contributed by atoms with van der Waals surface area (Å²) in [7, 11) is 0. The Morgan fingerprint density at radius 1 is 1.23 bits per heavy atom. The molecular formula is C16H13ClF2N2O5. The number of nitro groups is 1. The molecule has 0 radical (unpaired) electrons. The van der Waals surface area contributed by atoms with E-state index in [1.165, 1.54) is 42.5 Å². The number of benzene rings is 2. The molecule has 0 aromatic heterocycles. The first kappa shape index (κ1) is 19.4. The predicted octanol–water partition coefficient (Wildman–Crippen LogP) is 4.26. The Labute approximate surface area is 151 Å². The van der Waals surface area contributed by atoms with Crippen LogP contribution >= 0.6 is 11.6 Å². The number of hydrogen-bond acceptors (Lipinski definition) is 5. The third-order valence-electron chi connectivity index (χ3n) is 3.08. The molecule has 26 heavy (non-hydrogen) atoms. The van der Waals surface area contributed by atoms with Gasteiger partial charge in [0.2, 0.25) is 5.91 Å². The Kier molecular flexibility index (Phi) is 6.67. The summed E-state index contributed by atoms with van der Waals surface area (Å²) in [6.45, 7) is -2.95. The van der Waals surface area contributed by atoms with Crippen molar-refractivity contribution in [2.24, 2.45) is 0 Å². The Hall–Kier alpha value is -2.94. The summed E-state index contributed by atoms with van der Waals surface area (Å²) in [4.78, 5) is 21.9. The third kappa shape index (κ3) is 5.85. The Morgan fingerprint density at radius 2 is 1.92 bits per heavy atom. The van der Waals surface area contributed by atoms with Crippen molar-refractivity contribution < 1.29 is 28.0 Å². The fourth-order valence-corrected chi connectivity index (χ4v) is 2.14. The van der Waals surface area contributed by atoms with E-state index >= 15 is 0 Å². The van der Waals surface area contributed by atoms with Gasteiger partial charge in [0.05, 0.1) is 23.0 Å². The molecule has 2 aromatic rings. The zero-order chi connectivity index (χ0) is 19.1. The van der Waals surface area contributed by atoms with E-state index in [1.54, 1.807) is 0 Å². The monoisotopic (exact) mass is 386 g/mol. The normalized spacial score (nSPS) is 10.5. The lowest BCUT2D eigenvalue weighted by Crippen LogP contribution is -2.15. The number of nitro benzene ring substituents is 1. The van der Waals surface area contributed by atoms with Gasteiger partial charge in [-0.05, 0) is 30.3 Å². The summed E-state index contributed by atoms with van der Waals surface area (Å²) in [6, 6.07) is 9.32. The number of carbonyl (C=O) groups is 1. The van der Waals surface area contributed by atoms with Crippen LogP contribution in [0.5, 0.6) is 11.5 Å². The van der Waals surface area contributed by atoms with Gasteiger partial charge in [-0.3, -0.25) is 14.9 Å². The van der Waals surface area contributed by atoms with Gasteiger partial charge in [0, 0.05) is 17.8 Å². The number of halogens is 3. The minimum atomic E-state index is -3.00. The molecule has 2 aromatic carbocycles. The van der Waals surface area contributed by atoms with Gasteiger partial charge in [-0.2, -0.15) is 8.78 Å². The van der Waals surface area contributed by atoms with E-state index < -0.39 is 11.5 Å². The number of nitrogens with one attached hydrogen (secondary N) is 1. The summed E-state index contributed by atoms with van der Waals surface area (Å²) in [5.41, 5.74) is 0.253. The summed E-state index contributed by atoms with van der Waals surface area (Å²) in [6.07, 6.45) is 0.00386. The van der Waals surface area contributed by atoms with Crippen LogP contribution in [-0.2, 0) is 4.79 Å². The average Bonchev–Trinajstić information content (AvgIpc) is 2.57. The molecule has 0 aliphatic heterocycles. The van der Waals surface area contributed by atoms with Crippen molar-refractivity contribution in [1.82, 2.24) is 0 Å². The predicted molar refractivity (Wildman–Crippen MR) is 89.9 cm³/mol. The van der Waals surface area contributed by atoms with E-state index in [1.807, 2.05) is 0 Å². The first-order chi connectivity index (χ1) is 12.3. The van der Waals surface area contributed by atoms with E-state index in [9.17, 15) is 23.7 Å². The SMILES string of the molecule is O=C(CCOc1ccc([N+](=O)[O-])cc1)Nc1ccc(OC(F)F)c(Cl)c1. The maximum Gasteiger partial charge on any atom is 0.387 e.